The number of ether oxygens (including phenoxy) is 1. The van der Waals surface area contributed by atoms with E-state index in [1.165, 1.54) is 11.8 Å². The van der Waals surface area contributed by atoms with E-state index in [4.69, 9.17) is 5.73 Å². The van der Waals surface area contributed by atoms with E-state index in [-0.39, 0.29) is 0 Å². The minimum absolute atomic E-state index is 0.341. The Morgan fingerprint density at radius 3 is 2.60 bits per heavy atom. The Hall–Kier alpha value is -1.57. The van der Waals surface area contributed by atoms with Gasteiger partial charge >= 0.3 is 12.1 Å². The highest BCUT2D eigenvalue weighted by atomic mass is 19.4. The summed E-state index contributed by atoms with van der Waals surface area (Å²) < 4.78 is 42.9. The number of hydrogen-bond donors (Lipinski definition) is 1. The zero-order valence-corrected chi connectivity index (χ0v) is 11.4. The molecular formula is C12H18F3N3O2. The largest absolute Gasteiger partial charge is 0.468 e. The number of unbranched alkanes of at least 4 members (excludes halogenated alkanes) is 1. The molecule has 1 unspecified atom stereocenters. The number of halogens is 3. The highest BCUT2D eigenvalue weighted by molar-refractivity contribution is 5.79. The number of esters is 1. The Labute approximate surface area is 114 Å². The van der Waals surface area contributed by atoms with Gasteiger partial charge in [0.25, 0.3) is 0 Å². The van der Waals surface area contributed by atoms with E-state index in [1.807, 2.05) is 0 Å². The molecular weight excluding hydrogens is 275 g/mol. The minimum Gasteiger partial charge on any atom is -0.468 e. The summed E-state index contributed by atoms with van der Waals surface area (Å²) in [5.74, 6) is -0.504. The molecule has 0 saturated heterocycles. The third-order valence-corrected chi connectivity index (χ3v) is 2.95. The van der Waals surface area contributed by atoms with Gasteiger partial charge in [-0.3, -0.25) is 9.48 Å². The molecule has 1 aromatic rings. The van der Waals surface area contributed by atoms with Crippen molar-refractivity contribution in [1.82, 2.24) is 9.78 Å². The van der Waals surface area contributed by atoms with Crippen LogP contribution in [-0.2, 0) is 22.3 Å². The first-order chi connectivity index (χ1) is 9.16. The molecule has 1 aromatic heterocycles. The molecule has 0 saturated carbocycles. The number of carbonyl (C=O) groups is 1. The molecule has 0 spiro atoms. The van der Waals surface area contributed by atoms with E-state index in [9.17, 15) is 18.0 Å². The second-order valence-electron chi connectivity index (χ2n) is 4.86. The first-order valence-electron chi connectivity index (χ1n) is 6.14. The van der Waals surface area contributed by atoms with E-state index in [0.717, 1.165) is 12.4 Å². The minimum atomic E-state index is -4.38. The number of aromatic nitrogens is 2. The van der Waals surface area contributed by atoms with Crippen molar-refractivity contribution in [2.45, 2.75) is 44.4 Å². The van der Waals surface area contributed by atoms with Crippen LogP contribution in [0.15, 0.2) is 12.4 Å². The molecule has 0 aliphatic heterocycles. The van der Waals surface area contributed by atoms with E-state index < -0.39 is 23.2 Å². The van der Waals surface area contributed by atoms with E-state index in [2.05, 4.69) is 9.84 Å². The van der Waals surface area contributed by atoms with E-state index in [0.29, 0.717) is 25.8 Å². The van der Waals surface area contributed by atoms with Gasteiger partial charge in [0.1, 0.15) is 5.54 Å². The molecule has 0 bridgehead atoms. The van der Waals surface area contributed by atoms with Gasteiger partial charge in [-0.05, 0) is 26.2 Å². The van der Waals surface area contributed by atoms with Crippen molar-refractivity contribution in [2.75, 3.05) is 7.11 Å². The fourth-order valence-electron chi connectivity index (χ4n) is 1.73. The first-order valence-corrected chi connectivity index (χ1v) is 6.14. The van der Waals surface area contributed by atoms with Crippen LogP contribution in [-0.4, -0.2) is 28.4 Å². The van der Waals surface area contributed by atoms with Crippen molar-refractivity contribution in [3.63, 3.8) is 0 Å². The van der Waals surface area contributed by atoms with Gasteiger partial charge in [0.05, 0.1) is 18.9 Å². The molecule has 1 rings (SSSR count). The van der Waals surface area contributed by atoms with Crippen molar-refractivity contribution in [3.05, 3.63) is 18.0 Å². The summed E-state index contributed by atoms with van der Waals surface area (Å²) in [4.78, 5) is 11.3. The lowest BCUT2D eigenvalue weighted by atomic mass is 9.96. The fraction of sp³-hybridized carbons (Fsp3) is 0.667. The van der Waals surface area contributed by atoms with Gasteiger partial charge in [-0.1, -0.05) is 0 Å². The lowest BCUT2D eigenvalue weighted by Crippen LogP contribution is -2.45. The van der Waals surface area contributed by atoms with Gasteiger partial charge < -0.3 is 10.5 Å². The van der Waals surface area contributed by atoms with Crippen LogP contribution in [0, 0.1) is 0 Å². The summed E-state index contributed by atoms with van der Waals surface area (Å²) >= 11 is 0. The molecule has 8 heteroatoms. The monoisotopic (exact) mass is 293 g/mol. The Morgan fingerprint density at radius 2 is 2.10 bits per heavy atom. The van der Waals surface area contributed by atoms with Crippen LogP contribution in [0.4, 0.5) is 13.2 Å². The maximum Gasteiger partial charge on any atom is 0.419 e. The summed E-state index contributed by atoms with van der Waals surface area (Å²) in [7, 11) is 1.26. The first kappa shape index (κ1) is 16.5. The van der Waals surface area contributed by atoms with Gasteiger partial charge in [-0.25, -0.2) is 0 Å². The van der Waals surface area contributed by atoms with Gasteiger partial charge in [-0.15, -0.1) is 0 Å². The van der Waals surface area contributed by atoms with Crippen LogP contribution in [0.25, 0.3) is 0 Å². The summed E-state index contributed by atoms with van der Waals surface area (Å²) in [6.45, 7) is 1.90. The molecule has 0 aromatic carbocycles. The van der Waals surface area contributed by atoms with Crippen LogP contribution < -0.4 is 5.73 Å². The molecule has 1 heterocycles. The summed E-state index contributed by atoms with van der Waals surface area (Å²) in [6.07, 6.45) is -1.07. The topological polar surface area (TPSA) is 70.1 Å². The number of nitrogens with zero attached hydrogens (tertiary/aromatic N) is 2. The highest BCUT2D eigenvalue weighted by Crippen LogP contribution is 2.28. The zero-order chi connectivity index (χ0) is 15.4. The Balaban J connectivity index is 2.39. The van der Waals surface area contributed by atoms with Crippen LogP contribution in [0.1, 0.15) is 31.7 Å². The third kappa shape index (κ3) is 4.52. The molecule has 2 N–H and O–H groups in total. The summed E-state index contributed by atoms with van der Waals surface area (Å²) in [5, 5.41) is 3.64. The van der Waals surface area contributed by atoms with Crippen LogP contribution in [0.5, 0.6) is 0 Å². The van der Waals surface area contributed by atoms with Crippen molar-refractivity contribution in [1.29, 1.82) is 0 Å². The van der Waals surface area contributed by atoms with Gasteiger partial charge in [0.2, 0.25) is 0 Å². The molecule has 0 amide bonds. The van der Waals surface area contributed by atoms with E-state index in [1.54, 1.807) is 6.92 Å². The van der Waals surface area contributed by atoms with Crippen LogP contribution >= 0.6 is 0 Å². The highest BCUT2D eigenvalue weighted by Gasteiger charge is 2.32. The number of methoxy groups -OCH3 is 1. The zero-order valence-electron chi connectivity index (χ0n) is 11.4. The smallest absolute Gasteiger partial charge is 0.419 e. The van der Waals surface area contributed by atoms with Gasteiger partial charge in [-0.2, -0.15) is 18.3 Å². The standard InChI is InChI=1S/C12H18F3N3O2/c1-11(16,10(19)20-2)5-3-4-6-18-8-9(7-17-18)12(13,14)15/h7-8H,3-6,16H2,1-2H3. The lowest BCUT2D eigenvalue weighted by molar-refractivity contribution is -0.146. The Bertz CT molecular complexity index is 455. The van der Waals surface area contributed by atoms with Crippen molar-refractivity contribution in [2.24, 2.45) is 5.73 Å². The number of nitrogens with two attached hydrogens (primary N) is 1. The fourth-order valence-corrected chi connectivity index (χ4v) is 1.73. The summed E-state index contributed by atoms with van der Waals surface area (Å²) in [5.41, 5.74) is 3.92. The average Bonchev–Trinajstić information content (AvgIpc) is 2.82. The van der Waals surface area contributed by atoms with Crippen molar-refractivity contribution < 1.29 is 22.7 Å². The molecule has 20 heavy (non-hydrogen) atoms. The Kier molecular flexibility index (Phi) is 5.15. The molecule has 114 valence electrons. The number of aryl methyl sites for hydroxylation is 1. The normalized spacial score (nSPS) is 14.9. The number of rotatable bonds is 6. The quantitative estimate of drug-likeness (QED) is 0.643. The Morgan fingerprint density at radius 1 is 1.45 bits per heavy atom. The molecule has 5 nitrogen and oxygen atoms in total. The van der Waals surface area contributed by atoms with Gasteiger partial charge in [0.15, 0.2) is 0 Å². The number of hydrogen-bond acceptors (Lipinski definition) is 4. The summed E-state index contributed by atoms with van der Waals surface area (Å²) in [6, 6.07) is 0. The number of alkyl halides is 3. The second kappa shape index (κ2) is 6.25. The molecule has 0 aliphatic rings. The maximum absolute atomic E-state index is 12.4. The third-order valence-electron chi connectivity index (χ3n) is 2.95. The second-order valence-corrected chi connectivity index (χ2v) is 4.86. The van der Waals surface area contributed by atoms with Crippen LogP contribution in [0.2, 0.25) is 0 Å². The SMILES string of the molecule is COC(=O)C(C)(N)CCCCn1cc(C(F)(F)F)cn1. The van der Waals surface area contributed by atoms with Gasteiger partial charge in [0, 0.05) is 12.7 Å². The van der Waals surface area contributed by atoms with Crippen molar-refractivity contribution >= 4 is 5.97 Å². The maximum atomic E-state index is 12.4. The molecule has 0 radical (unpaired) electrons. The molecule has 0 fully saturated rings. The predicted molar refractivity (Wildman–Crippen MR) is 65.7 cm³/mol. The lowest BCUT2D eigenvalue weighted by Gasteiger charge is -2.20. The number of carbonyl (C=O) groups excluding carboxylic acids is 1. The van der Waals surface area contributed by atoms with Crippen LogP contribution in [0.3, 0.4) is 0 Å². The average molecular weight is 293 g/mol. The molecule has 1 atom stereocenters. The van der Waals surface area contributed by atoms with Crippen molar-refractivity contribution in [3.8, 4) is 0 Å². The molecule has 0 aliphatic carbocycles. The predicted octanol–water partition coefficient (Wildman–Crippen LogP) is 1.96. The van der Waals surface area contributed by atoms with E-state index >= 15 is 0 Å².